The molecule has 0 saturated carbocycles. The van der Waals surface area contributed by atoms with Crippen LogP contribution in [0.4, 0.5) is 0 Å². The maximum absolute atomic E-state index is 11.5. The first-order valence-corrected chi connectivity index (χ1v) is 6.36. The van der Waals surface area contributed by atoms with E-state index in [0.717, 1.165) is 0 Å². The molecule has 0 amide bonds. The molecule has 0 aliphatic carbocycles. The van der Waals surface area contributed by atoms with Crippen molar-refractivity contribution < 1.29 is 18.5 Å². The molecular weight excluding hydrogens is 228 g/mol. The van der Waals surface area contributed by atoms with Crippen LogP contribution in [0.25, 0.3) is 0 Å². The predicted octanol–water partition coefficient (Wildman–Crippen LogP) is 0.948. The number of rotatable bonds is 3. The van der Waals surface area contributed by atoms with Gasteiger partial charge in [0.2, 0.25) is 0 Å². The minimum atomic E-state index is -1.03. The number of ether oxygens (including phenoxy) is 2. The SMILES string of the molecule is O=C(OC[C@H]1OCC[S@@]1=O)c1ccccc1. The highest BCUT2D eigenvalue weighted by Gasteiger charge is 2.25. The van der Waals surface area contributed by atoms with E-state index >= 15 is 0 Å². The Morgan fingerprint density at radius 2 is 2.19 bits per heavy atom. The van der Waals surface area contributed by atoms with E-state index in [-0.39, 0.29) is 6.61 Å². The number of esters is 1. The van der Waals surface area contributed by atoms with Crippen LogP contribution in [0, 0.1) is 0 Å². The monoisotopic (exact) mass is 240 g/mol. The van der Waals surface area contributed by atoms with Gasteiger partial charge in [0.15, 0.2) is 5.44 Å². The van der Waals surface area contributed by atoms with Gasteiger partial charge in [0.05, 0.1) is 23.0 Å². The lowest BCUT2D eigenvalue weighted by Gasteiger charge is -2.09. The Balaban J connectivity index is 1.87. The van der Waals surface area contributed by atoms with Crippen molar-refractivity contribution in [3.05, 3.63) is 35.9 Å². The molecular formula is C11H12O4S. The minimum Gasteiger partial charge on any atom is -0.458 e. The van der Waals surface area contributed by atoms with E-state index in [1.54, 1.807) is 24.3 Å². The zero-order valence-electron chi connectivity index (χ0n) is 8.63. The van der Waals surface area contributed by atoms with Crippen molar-refractivity contribution in [2.75, 3.05) is 19.0 Å². The summed E-state index contributed by atoms with van der Waals surface area (Å²) in [5.41, 5.74) is 0.0268. The van der Waals surface area contributed by atoms with Gasteiger partial charge < -0.3 is 9.47 Å². The van der Waals surface area contributed by atoms with Crippen molar-refractivity contribution in [1.82, 2.24) is 0 Å². The zero-order valence-corrected chi connectivity index (χ0v) is 9.44. The van der Waals surface area contributed by atoms with E-state index in [4.69, 9.17) is 9.47 Å². The van der Waals surface area contributed by atoms with E-state index < -0.39 is 22.2 Å². The molecule has 0 unspecified atom stereocenters. The molecule has 1 aromatic carbocycles. The molecule has 1 heterocycles. The van der Waals surface area contributed by atoms with Crippen molar-refractivity contribution in [3.8, 4) is 0 Å². The van der Waals surface area contributed by atoms with Crippen molar-refractivity contribution in [2.24, 2.45) is 0 Å². The fourth-order valence-corrected chi connectivity index (χ4v) is 2.39. The molecule has 1 aliphatic heterocycles. The number of hydrogen-bond acceptors (Lipinski definition) is 4. The largest absolute Gasteiger partial charge is 0.458 e. The van der Waals surface area contributed by atoms with Gasteiger partial charge in [0.1, 0.15) is 6.61 Å². The number of carbonyl (C=O) groups excluding carboxylic acids is 1. The van der Waals surface area contributed by atoms with Gasteiger partial charge in [-0.1, -0.05) is 18.2 Å². The molecule has 1 aliphatic rings. The standard InChI is InChI=1S/C11H12O4S/c12-11(9-4-2-1-3-5-9)15-8-10-14-6-7-16(10)13/h1-5,10H,6-8H2/t10-,16-/m0/s1. The minimum absolute atomic E-state index is 0.0559. The van der Waals surface area contributed by atoms with Crippen LogP contribution in [-0.2, 0) is 20.3 Å². The number of hydrogen-bond donors (Lipinski definition) is 0. The van der Waals surface area contributed by atoms with Crippen molar-refractivity contribution in [1.29, 1.82) is 0 Å². The Bertz CT molecular complexity index is 390. The van der Waals surface area contributed by atoms with Crippen molar-refractivity contribution >= 4 is 16.8 Å². The van der Waals surface area contributed by atoms with Gasteiger partial charge in [-0.15, -0.1) is 0 Å². The maximum Gasteiger partial charge on any atom is 0.338 e. The molecule has 5 heteroatoms. The number of carbonyl (C=O) groups is 1. The average molecular weight is 240 g/mol. The molecule has 0 N–H and O–H groups in total. The third kappa shape index (κ3) is 2.68. The molecule has 1 saturated heterocycles. The van der Waals surface area contributed by atoms with Gasteiger partial charge in [-0.25, -0.2) is 4.79 Å². The lowest BCUT2D eigenvalue weighted by molar-refractivity contribution is 0.0292. The highest BCUT2D eigenvalue weighted by molar-refractivity contribution is 7.85. The summed E-state index contributed by atoms with van der Waals surface area (Å²) in [6.07, 6.45) is 0. The number of benzene rings is 1. The normalized spacial score (nSPS) is 24.2. The maximum atomic E-state index is 11.5. The molecule has 1 aromatic rings. The summed E-state index contributed by atoms with van der Waals surface area (Å²) in [5, 5.41) is 0. The highest BCUT2D eigenvalue weighted by atomic mass is 32.2. The summed E-state index contributed by atoms with van der Waals surface area (Å²) in [5.74, 6) is 0.112. The predicted molar refractivity (Wildman–Crippen MR) is 59.5 cm³/mol. The van der Waals surface area contributed by atoms with E-state index in [1.807, 2.05) is 6.07 Å². The lowest BCUT2D eigenvalue weighted by Crippen LogP contribution is -2.21. The lowest BCUT2D eigenvalue weighted by atomic mass is 10.2. The molecule has 1 fully saturated rings. The van der Waals surface area contributed by atoms with E-state index in [2.05, 4.69) is 0 Å². The van der Waals surface area contributed by atoms with Crippen LogP contribution < -0.4 is 0 Å². The third-order valence-electron chi connectivity index (χ3n) is 2.24. The van der Waals surface area contributed by atoms with Crippen molar-refractivity contribution in [3.63, 3.8) is 0 Å². The average Bonchev–Trinajstić information content (AvgIpc) is 2.73. The molecule has 0 spiro atoms. The van der Waals surface area contributed by atoms with E-state index in [0.29, 0.717) is 17.9 Å². The Kier molecular flexibility index (Phi) is 3.69. The zero-order chi connectivity index (χ0) is 11.4. The summed E-state index contributed by atoms with van der Waals surface area (Å²) in [6, 6.07) is 8.71. The molecule has 2 rings (SSSR count). The molecule has 4 nitrogen and oxygen atoms in total. The fraction of sp³-hybridized carbons (Fsp3) is 0.364. The fourth-order valence-electron chi connectivity index (χ4n) is 1.39. The van der Waals surface area contributed by atoms with Crippen LogP contribution in [0.15, 0.2) is 30.3 Å². The topological polar surface area (TPSA) is 52.6 Å². The van der Waals surface area contributed by atoms with Crippen LogP contribution in [0.5, 0.6) is 0 Å². The summed E-state index contributed by atoms with van der Waals surface area (Å²) >= 11 is 0. The first-order valence-electron chi connectivity index (χ1n) is 4.98. The Morgan fingerprint density at radius 1 is 1.44 bits per heavy atom. The Hall–Kier alpha value is -1.20. The smallest absolute Gasteiger partial charge is 0.338 e. The molecule has 0 aromatic heterocycles. The van der Waals surface area contributed by atoms with Gasteiger partial charge in [0, 0.05) is 5.75 Å². The van der Waals surface area contributed by atoms with Gasteiger partial charge >= 0.3 is 5.97 Å². The summed E-state index contributed by atoms with van der Waals surface area (Å²) in [7, 11) is -1.03. The molecule has 0 bridgehead atoms. The van der Waals surface area contributed by atoms with Gasteiger partial charge in [-0.05, 0) is 12.1 Å². The van der Waals surface area contributed by atoms with E-state index in [1.165, 1.54) is 0 Å². The van der Waals surface area contributed by atoms with Crippen LogP contribution >= 0.6 is 0 Å². The first-order chi connectivity index (χ1) is 7.77. The van der Waals surface area contributed by atoms with Gasteiger partial charge in [0.25, 0.3) is 0 Å². The molecule has 0 radical (unpaired) electrons. The molecule has 2 atom stereocenters. The molecule has 86 valence electrons. The van der Waals surface area contributed by atoms with Gasteiger partial charge in [-0.2, -0.15) is 0 Å². The summed E-state index contributed by atoms with van der Waals surface area (Å²) < 4.78 is 21.5. The third-order valence-corrected chi connectivity index (χ3v) is 3.67. The van der Waals surface area contributed by atoms with E-state index in [9.17, 15) is 9.00 Å². The second-order valence-corrected chi connectivity index (χ2v) is 5.05. The van der Waals surface area contributed by atoms with Crippen LogP contribution in [-0.4, -0.2) is 34.6 Å². The highest BCUT2D eigenvalue weighted by Crippen LogP contribution is 2.10. The van der Waals surface area contributed by atoms with Crippen LogP contribution in [0.1, 0.15) is 10.4 Å². The molecule has 16 heavy (non-hydrogen) atoms. The van der Waals surface area contributed by atoms with Crippen molar-refractivity contribution in [2.45, 2.75) is 5.44 Å². The summed E-state index contributed by atoms with van der Waals surface area (Å²) in [4.78, 5) is 11.5. The summed E-state index contributed by atoms with van der Waals surface area (Å²) in [6.45, 7) is 0.528. The Labute approximate surface area is 96.0 Å². The second-order valence-electron chi connectivity index (χ2n) is 3.35. The second kappa shape index (κ2) is 5.23. The van der Waals surface area contributed by atoms with Crippen LogP contribution in [0.3, 0.4) is 0 Å². The first kappa shape index (κ1) is 11.3. The Morgan fingerprint density at radius 3 is 2.81 bits per heavy atom. The van der Waals surface area contributed by atoms with Crippen LogP contribution in [0.2, 0.25) is 0 Å². The quantitative estimate of drug-likeness (QED) is 0.738. The van der Waals surface area contributed by atoms with Gasteiger partial charge in [-0.3, -0.25) is 4.21 Å².